The maximum absolute atomic E-state index is 14.1. The number of nitrogens with zero attached hydrogens (tertiary/aromatic N) is 4. The number of ether oxygens (including phenoxy) is 1. The number of hydrogen-bond acceptors (Lipinski definition) is 7. The Morgan fingerprint density at radius 2 is 1.87 bits per heavy atom. The third kappa shape index (κ3) is 5.32. The first-order valence-corrected chi connectivity index (χ1v) is 14.2. The second kappa shape index (κ2) is 10.9. The predicted octanol–water partition coefficient (Wildman–Crippen LogP) is 6.49. The van der Waals surface area contributed by atoms with Crippen LogP contribution < -0.4 is 10.9 Å². The monoisotopic (exact) mass is 557 g/mol. The van der Waals surface area contributed by atoms with Gasteiger partial charge in [0.05, 0.1) is 6.54 Å². The first-order chi connectivity index (χ1) is 19.0. The van der Waals surface area contributed by atoms with Crippen molar-refractivity contribution in [3.05, 3.63) is 92.3 Å². The highest BCUT2D eigenvalue weighted by Gasteiger charge is 2.19. The van der Waals surface area contributed by atoms with Crippen LogP contribution in [0.2, 0.25) is 5.02 Å². The molecule has 9 heteroatoms. The Kier molecular flexibility index (Phi) is 7.16. The topological polar surface area (TPSA) is 81.9 Å². The fraction of sp³-hybridized carbons (Fsp3) is 0.267. The number of nitrogens with one attached hydrogen (secondary N) is 1. The smallest absolute Gasteiger partial charge is 0.260 e. The molecule has 1 aliphatic rings. The minimum Gasteiger partial charge on any atom is -0.381 e. The van der Waals surface area contributed by atoms with Crippen LogP contribution in [0.5, 0.6) is 0 Å². The van der Waals surface area contributed by atoms with Crippen LogP contribution in [0.15, 0.2) is 65.7 Å². The number of halogens is 1. The summed E-state index contributed by atoms with van der Waals surface area (Å²) >= 11 is 8.40. The van der Waals surface area contributed by atoms with Gasteiger partial charge in [-0.05, 0) is 49.9 Å². The molecule has 0 saturated carbocycles. The lowest BCUT2D eigenvalue weighted by atomic mass is 10.0. The third-order valence-electron chi connectivity index (χ3n) is 7.10. The van der Waals surface area contributed by atoms with Crippen LogP contribution in [0.3, 0.4) is 0 Å². The molecule has 0 amide bonds. The molecule has 39 heavy (non-hydrogen) atoms. The molecular formula is C30H28ClN5O2S. The molecule has 0 atom stereocenters. The van der Waals surface area contributed by atoms with Gasteiger partial charge in [-0.25, -0.2) is 9.97 Å². The molecule has 1 aliphatic heterocycles. The molecule has 2 aromatic carbocycles. The Morgan fingerprint density at radius 3 is 2.62 bits per heavy atom. The number of anilines is 1. The molecule has 4 heterocycles. The highest BCUT2D eigenvalue weighted by atomic mass is 35.5. The summed E-state index contributed by atoms with van der Waals surface area (Å²) in [5.74, 6) is 0.515. The molecule has 6 rings (SSSR count). The van der Waals surface area contributed by atoms with Crippen LogP contribution >= 0.6 is 22.9 Å². The van der Waals surface area contributed by atoms with Gasteiger partial charge in [0.2, 0.25) is 5.95 Å². The Morgan fingerprint density at radius 1 is 1.05 bits per heavy atom. The van der Waals surface area contributed by atoms with Crippen molar-refractivity contribution in [1.82, 2.24) is 19.5 Å². The standard InChI is InChI=1S/C30H28ClN5O2S/c1-18-5-3-4-6-21(18)17-36-27-22(16-33-30(35-27)34-23-9-11-38-12-10-23)13-25(29(36)37)24-8-7-20(14-26(24)31)28-32-15-19(2)39-28/h3-8,13-16,23H,9-12,17H2,1-2H3,(H,33,34,35). The third-order valence-corrected chi connectivity index (χ3v) is 8.37. The molecule has 0 radical (unpaired) electrons. The van der Waals surface area contributed by atoms with E-state index in [1.165, 1.54) is 0 Å². The molecule has 0 aliphatic carbocycles. The number of benzene rings is 2. The van der Waals surface area contributed by atoms with Gasteiger partial charge in [-0.1, -0.05) is 48.0 Å². The van der Waals surface area contributed by atoms with Gasteiger partial charge in [-0.15, -0.1) is 11.3 Å². The summed E-state index contributed by atoms with van der Waals surface area (Å²) in [6, 6.07) is 15.9. The quantitative estimate of drug-likeness (QED) is 0.257. The number of pyridine rings is 1. The first-order valence-electron chi connectivity index (χ1n) is 13.0. The largest absolute Gasteiger partial charge is 0.381 e. The minimum absolute atomic E-state index is 0.152. The van der Waals surface area contributed by atoms with Crippen molar-refractivity contribution in [2.24, 2.45) is 0 Å². The van der Waals surface area contributed by atoms with Gasteiger partial charge in [0.15, 0.2) is 0 Å². The van der Waals surface area contributed by atoms with Crippen molar-refractivity contribution in [2.75, 3.05) is 18.5 Å². The van der Waals surface area contributed by atoms with E-state index in [0.717, 1.165) is 44.8 Å². The molecule has 7 nitrogen and oxygen atoms in total. The van der Waals surface area contributed by atoms with E-state index in [9.17, 15) is 4.79 Å². The summed E-state index contributed by atoms with van der Waals surface area (Å²) in [6.07, 6.45) is 5.42. The Bertz CT molecular complexity index is 1720. The van der Waals surface area contributed by atoms with Gasteiger partial charge < -0.3 is 10.1 Å². The second-order valence-corrected chi connectivity index (χ2v) is 11.5. The molecule has 0 spiro atoms. The van der Waals surface area contributed by atoms with Crippen LogP contribution in [0.4, 0.5) is 5.95 Å². The molecule has 198 valence electrons. The molecule has 0 bridgehead atoms. The van der Waals surface area contributed by atoms with Gasteiger partial charge >= 0.3 is 0 Å². The highest BCUT2D eigenvalue weighted by molar-refractivity contribution is 7.14. The number of fused-ring (bicyclic) bond motifs is 1. The average molecular weight is 558 g/mol. The van der Waals surface area contributed by atoms with Gasteiger partial charge in [-0.3, -0.25) is 9.36 Å². The maximum atomic E-state index is 14.1. The lowest BCUT2D eigenvalue weighted by Crippen LogP contribution is -2.29. The molecule has 0 unspecified atom stereocenters. The van der Waals surface area contributed by atoms with Crippen LogP contribution in [0.25, 0.3) is 32.7 Å². The summed E-state index contributed by atoms with van der Waals surface area (Å²) in [6.45, 7) is 5.89. The van der Waals surface area contributed by atoms with Crippen molar-refractivity contribution in [3.8, 4) is 21.7 Å². The van der Waals surface area contributed by atoms with E-state index >= 15 is 0 Å². The maximum Gasteiger partial charge on any atom is 0.260 e. The molecule has 3 aromatic heterocycles. The van der Waals surface area contributed by atoms with E-state index in [2.05, 4.69) is 28.3 Å². The predicted molar refractivity (Wildman–Crippen MR) is 158 cm³/mol. The Balaban J connectivity index is 1.47. The zero-order valence-electron chi connectivity index (χ0n) is 21.8. The van der Waals surface area contributed by atoms with E-state index in [-0.39, 0.29) is 11.6 Å². The van der Waals surface area contributed by atoms with E-state index in [0.29, 0.717) is 47.5 Å². The van der Waals surface area contributed by atoms with Crippen LogP contribution in [-0.2, 0) is 11.3 Å². The minimum atomic E-state index is -0.152. The second-order valence-electron chi connectivity index (χ2n) is 9.85. The van der Waals surface area contributed by atoms with Crippen molar-refractivity contribution in [3.63, 3.8) is 0 Å². The van der Waals surface area contributed by atoms with E-state index in [1.54, 1.807) is 22.1 Å². The van der Waals surface area contributed by atoms with Crippen LogP contribution in [0, 0.1) is 13.8 Å². The van der Waals surface area contributed by atoms with E-state index in [1.807, 2.05) is 55.6 Å². The fourth-order valence-corrected chi connectivity index (χ4v) is 5.95. The normalized spacial score (nSPS) is 14.1. The number of hydrogen-bond donors (Lipinski definition) is 1. The molecule has 1 saturated heterocycles. The fourth-order valence-electron chi connectivity index (χ4n) is 4.91. The SMILES string of the molecule is Cc1cnc(-c2ccc(-c3cc4cnc(NC5CCOCC5)nc4n(Cc4ccccc4C)c3=O)c(Cl)c2)s1. The number of rotatable bonds is 6. The lowest BCUT2D eigenvalue weighted by molar-refractivity contribution is 0.0903. The van der Waals surface area contributed by atoms with E-state index < -0.39 is 0 Å². The van der Waals surface area contributed by atoms with Gasteiger partial charge in [0.25, 0.3) is 5.56 Å². The Hall–Kier alpha value is -3.59. The summed E-state index contributed by atoms with van der Waals surface area (Å²) in [5.41, 5.74) is 4.70. The first kappa shape index (κ1) is 25.7. The van der Waals surface area contributed by atoms with Crippen molar-refractivity contribution in [2.45, 2.75) is 39.3 Å². The number of aromatic nitrogens is 4. The van der Waals surface area contributed by atoms with Crippen molar-refractivity contribution < 1.29 is 4.74 Å². The molecule has 1 fully saturated rings. The highest BCUT2D eigenvalue weighted by Crippen LogP contribution is 2.33. The van der Waals surface area contributed by atoms with Gasteiger partial charge in [0.1, 0.15) is 10.7 Å². The summed E-state index contributed by atoms with van der Waals surface area (Å²) < 4.78 is 7.21. The van der Waals surface area contributed by atoms with Crippen molar-refractivity contribution >= 4 is 39.9 Å². The summed E-state index contributed by atoms with van der Waals surface area (Å²) in [5, 5.41) is 5.60. The summed E-state index contributed by atoms with van der Waals surface area (Å²) in [4.78, 5) is 29.1. The number of thiazole rings is 1. The molecular weight excluding hydrogens is 530 g/mol. The Labute approximate surface area is 235 Å². The zero-order chi connectivity index (χ0) is 26.9. The van der Waals surface area contributed by atoms with Crippen LogP contribution in [0.1, 0.15) is 28.8 Å². The summed E-state index contributed by atoms with van der Waals surface area (Å²) in [7, 11) is 0. The zero-order valence-corrected chi connectivity index (χ0v) is 23.4. The van der Waals surface area contributed by atoms with Crippen LogP contribution in [-0.4, -0.2) is 38.8 Å². The van der Waals surface area contributed by atoms with E-state index in [4.69, 9.17) is 21.3 Å². The average Bonchev–Trinajstić information content (AvgIpc) is 3.38. The van der Waals surface area contributed by atoms with Gasteiger partial charge in [-0.2, -0.15) is 4.98 Å². The lowest BCUT2D eigenvalue weighted by Gasteiger charge is -2.23. The molecule has 1 N–H and O–H groups in total. The molecule has 5 aromatic rings. The van der Waals surface area contributed by atoms with Gasteiger partial charge in [0, 0.05) is 63.6 Å². The van der Waals surface area contributed by atoms with Crippen molar-refractivity contribution in [1.29, 1.82) is 0 Å². The number of aryl methyl sites for hydroxylation is 2.